The normalized spacial score (nSPS) is 24.8. The molecule has 1 amide bonds. The van der Waals surface area contributed by atoms with Crippen molar-refractivity contribution in [3.8, 4) is 0 Å². The molecule has 2 atom stereocenters. The lowest BCUT2D eigenvalue weighted by molar-refractivity contribution is -0.137. The summed E-state index contributed by atoms with van der Waals surface area (Å²) >= 11 is 6.44. The number of carboxylic acids is 1. The molecule has 7 heteroatoms. The lowest BCUT2D eigenvalue weighted by Gasteiger charge is -2.25. The van der Waals surface area contributed by atoms with E-state index < -0.39 is 5.97 Å². The number of carbonyl (C=O) groups excluding carboxylic acids is 1. The number of hydrogen-bond donors (Lipinski definition) is 1. The lowest BCUT2D eigenvalue weighted by Crippen LogP contribution is -2.30. The van der Waals surface area contributed by atoms with Gasteiger partial charge in [0.05, 0.1) is 11.3 Å². The predicted octanol–water partition coefficient (Wildman–Crippen LogP) is 4.39. The van der Waals surface area contributed by atoms with Gasteiger partial charge in [-0.05, 0) is 49.1 Å². The topological polar surface area (TPSA) is 60.9 Å². The molecular formula is C22H24N2O3S2. The number of benzene rings is 1. The number of amides is 1. The van der Waals surface area contributed by atoms with E-state index in [1.165, 1.54) is 47.2 Å². The van der Waals surface area contributed by atoms with Crippen LogP contribution in [-0.4, -0.2) is 45.3 Å². The molecule has 1 N–H and O–H groups in total. The molecule has 0 spiro atoms. The largest absolute Gasteiger partial charge is 0.481 e. The minimum absolute atomic E-state index is 0.110. The Morgan fingerprint density at radius 2 is 2.21 bits per heavy atom. The highest BCUT2D eigenvalue weighted by atomic mass is 32.2. The van der Waals surface area contributed by atoms with Gasteiger partial charge in [-0.25, -0.2) is 0 Å². The molecule has 4 rings (SSSR count). The summed E-state index contributed by atoms with van der Waals surface area (Å²) in [6.45, 7) is 3.39. The second-order valence-electron chi connectivity index (χ2n) is 7.57. The first-order valence-corrected chi connectivity index (χ1v) is 11.3. The Bertz CT molecular complexity index is 925. The summed E-state index contributed by atoms with van der Waals surface area (Å²) in [7, 11) is 0. The van der Waals surface area contributed by atoms with Crippen molar-refractivity contribution >= 4 is 51.9 Å². The molecule has 2 fully saturated rings. The molecule has 152 valence electrons. The third kappa shape index (κ3) is 3.85. The van der Waals surface area contributed by atoms with E-state index in [1.54, 1.807) is 6.08 Å². The van der Waals surface area contributed by atoms with Crippen molar-refractivity contribution in [1.82, 2.24) is 4.90 Å². The van der Waals surface area contributed by atoms with Gasteiger partial charge in [-0.1, -0.05) is 48.6 Å². The van der Waals surface area contributed by atoms with Gasteiger partial charge in [0.1, 0.15) is 4.32 Å². The van der Waals surface area contributed by atoms with Gasteiger partial charge in [-0.3, -0.25) is 14.5 Å². The van der Waals surface area contributed by atoms with Gasteiger partial charge in [0.25, 0.3) is 5.91 Å². The Kier molecular flexibility index (Phi) is 5.79. The average molecular weight is 429 g/mol. The number of rotatable bonds is 6. The van der Waals surface area contributed by atoms with Crippen LogP contribution in [0.5, 0.6) is 0 Å². The zero-order chi connectivity index (χ0) is 20.5. The first kappa shape index (κ1) is 20.2. The van der Waals surface area contributed by atoms with Gasteiger partial charge in [0.15, 0.2) is 0 Å². The van der Waals surface area contributed by atoms with E-state index >= 15 is 0 Å². The summed E-state index contributed by atoms with van der Waals surface area (Å²) in [6.07, 6.45) is 9.40. The van der Waals surface area contributed by atoms with E-state index in [1.807, 2.05) is 12.2 Å². The Balaban J connectivity index is 1.48. The third-order valence-corrected chi connectivity index (χ3v) is 7.34. The van der Waals surface area contributed by atoms with Gasteiger partial charge in [0.2, 0.25) is 0 Å². The first-order valence-electron chi connectivity index (χ1n) is 10.0. The highest BCUT2D eigenvalue weighted by Crippen LogP contribution is 2.49. The van der Waals surface area contributed by atoms with Gasteiger partial charge in [0, 0.05) is 30.7 Å². The van der Waals surface area contributed by atoms with Crippen molar-refractivity contribution in [1.29, 1.82) is 0 Å². The minimum atomic E-state index is -0.939. The Morgan fingerprint density at radius 3 is 2.97 bits per heavy atom. The highest BCUT2D eigenvalue weighted by molar-refractivity contribution is 8.26. The lowest BCUT2D eigenvalue weighted by atomic mass is 9.96. The summed E-state index contributed by atoms with van der Waals surface area (Å²) in [6, 6.07) is 7.30. The van der Waals surface area contributed by atoms with E-state index in [0.717, 1.165) is 12.1 Å². The highest BCUT2D eigenvalue weighted by Gasteiger charge is 2.40. The molecule has 0 aromatic heterocycles. The maximum absolute atomic E-state index is 12.4. The molecule has 2 aliphatic heterocycles. The van der Waals surface area contributed by atoms with E-state index in [0.29, 0.717) is 21.2 Å². The van der Waals surface area contributed by atoms with Crippen LogP contribution in [0.25, 0.3) is 6.08 Å². The first-order chi connectivity index (χ1) is 14.0. The molecule has 0 bridgehead atoms. The smallest absolute Gasteiger partial charge is 0.305 e. The number of thioether (sulfide) groups is 1. The number of nitrogens with zero attached hydrogens (tertiary/aromatic N) is 2. The number of aliphatic carboxylic acids is 1. The molecule has 3 aliphatic rings. The molecule has 2 heterocycles. The maximum Gasteiger partial charge on any atom is 0.305 e. The van der Waals surface area contributed by atoms with Crippen LogP contribution in [0.3, 0.4) is 0 Å². The van der Waals surface area contributed by atoms with Gasteiger partial charge < -0.3 is 10.0 Å². The summed E-state index contributed by atoms with van der Waals surface area (Å²) in [5, 5.41) is 8.82. The van der Waals surface area contributed by atoms with Crippen molar-refractivity contribution in [2.75, 3.05) is 18.0 Å². The average Bonchev–Trinajstić information content (AvgIpc) is 3.34. The van der Waals surface area contributed by atoms with Crippen LogP contribution in [0.4, 0.5) is 5.69 Å². The van der Waals surface area contributed by atoms with Crippen LogP contribution in [0.1, 0.15) is 49.7 Å². The van der Waals surface area contributed by atoms with Crippen LogP contribution in [0.15, 0.2) is 35.3 Å². The molecule has 1 saturated heterocycles. The second-order valence-corrected chi connectivity index (χ2v) is 9.24. The molecule has 29 heavy (non-hydrogen) atoms. The SMILES string of the molecule is CCN1c2ccc(/C=C/C=C3/SC(=S)N(CCC(=O)O)C3=O)cc2C2CCCC21. The number of hydrogen-bond acceptors (Lipinski definition) is 5. The van der Waals surface area contributed by atoms with E-state index in [-0.39, 0.29) is 18.9 Å². The molecular weight excluding hydrogens is 404 g/mol. The monoisotopic (exact) mass is 428 g/mol. The standard InChI is InChI=1S/C22H24N2O3S2/c1-2-23-17-7-4-6-15(17)16-13-14(9-10-18(16)23)5-3-8-19-21(27)24(22(28)29-19)12-11-20(25)26/h3,5,8-10,13,15,17H,2,4,6-7,11-12H2,1H3,(H,25,26)/b5-3+,19-8+. The zero-order valence-electron chi connectivity index (χ0n) is 16.3. The number of likely N-dealkylation sites (N-methyl/N-ethyl adjacent to an activating group) is 1. The van der Waals surface area contributed by atoms with Crippen LogP contribution < -0.4 is 4.90 Å². The van der Waals surface area contributed by atoms with Crippen molar-refractivity contribution in [3.63, 3.8) is 0 Å². The van der Waals surface area contributed by atoms with Crippen LogP contribution in [-0.2, 0) is 9.59 Å². The second kappa shape index (κ2) is 8.32. The summed E-state index contributed by atoms with van der Waals surface area (Å²) in [4.78, 5) is 27.6. The third-order valence-electron chi connectivity index (χ3n) is 5.94. The van der Waals surface area contributed by atoms with Gasteiger partial charge in [-0.15, -0.1) is 0 Å². The molecule has 1 aliphatic carbocycles. The number of fused-ring (bicyclic) bond motifs is 3. The maximum atomic E-state index is 12.4. The fourth-order valence-corrected chi connectivity index (χ4v) is 5.92. The fraction of sp³-hybridized carbons (Fsp3) is 0.409. The van der Waals surface area contributed by atoms with Gasteiger partial charge in [-0.2, -0.15) is 0 Å². The fourth-order valence-electron chi connectivity index (χ4n) is 4.66. The molecule has 1 aromatic carbocycles. The number of thiocarbonyl (C=S) groups is 1. The van der Waals surface area contributed by atoms with E-state index in [4.69, 9.17) is 17.3 Å². The summed E-state index contributed by atoms with van der Waals surface area (Å²) in [5.74, 6) is -0.512. The molecule has 5 nitrogen and oxygen atoms in total. The number of carbonyl (C=O) groups is 2. The number of allylic oxidation sites excluding steroid dienone is 2. The molecule has 1 aromatic rings. The van der Waals surface area contributed by atoms with Crippen molar-refractivity contribution < 1.29 is 14.7 Å². The Hall–Kier alpha value is -2.12. The van der Waals surface area contributed by atoms with Crippen LogP contribution >= 0.6 is 24.0 Å². The van der Waals surface area contributed by atoms with E-state index in [2.05, 4.69) is 30.0 Å². The van der Waals surface area contributed by atoms with Gasteiger partial charge >= 0.3 is 5.97 Å². The Morgan fingerprint density at radius 1 is 1.38 bits per heavy atom. The minimum Gasteiger partial charge on any atom is -0.481 e. The quantitative estimate of drug-likeness (QED) is 0.535. The molecule has 2 unspecified atom stereocenters. The van der Waals surface area contributed by atoms with Crippen LogP contribution in [0.2, 0.25) is 0 Å². The van der Waals surface area contributed by atoms with Crippen LogP contribution in [0, 0.1) is 0 Å². The van der Waals surface area contributed by atoms with E-state index in [9.17, 15) is 9.59 Å². The molecule has 0 radical (unpaired) electrons. The van der Waals surface area contributed by atoms with Crippen molar-refractivity contribution in [2.45, 2.75) is 44.6 Å². The summed E-state index contributed by atoms with van der Waals surface area (Å²) in [5.41, 5.74) is 3.96. The van der Waals surface area contributed by atoms with Crippen molar-refractivity contribution in [2.24, 2.45) is 0 Å². The number of carboxylic acid groups (broad SMARTS) is 1. The predicted molar refractivity (Wildman–Crippen MR) is 121 cm³/mol. The Labute approximate surface area is 180 Å². The summed E-state index contributed by atoms with van der Waals surface area (Å²) < 4.78 is 0.417. The van der Waals surface area contributed by atoms with Crippen molar-refractivity contribution in [3.05, 3.63) is 46.4 Å². The molecule has 1 saturated carbocycles. The number of anilines is 1. The zero-order valence-corrected chi connectivity index (χ0v) is 18.0.